The number of ether oxygens (including phenoxy) is 2. The van der Waals surface area contributed by atoms with Gasteiger partial charge in [-0.1, -0.05) is 35.3 Å². The van der Waals surface area contributed by atoms with Gasteiger partial charge in [-0.05, 0) is 41.8 Å². The molecule has 2 rings (SSSR count). The number of aryl methyl sites for hydroxylation is 1. The second kappa shape index (κ2) is 10.2. The largest absolute Gasteiger partial charge is 0.493 e. The van der Waals surface area contributed by atoms with Crippen molar-refractivity contribution < 1.29 is 24.2 Å². The quantitative estimate of drug-likeness (QED) is 0.638. The minimum Gasteiger partial charge on any atom is -0.493 e. The first kappa shape index (κ1) is 21.9. The Morgan fingerprint density at radius 2 is 1.68 bits per heavy atom. The minimum atomic E-state index is -1.11. The Hall–Kier alpha value is -2.44. The van der Waals surface area contributed by atoms with E-state index in [9.17, 15) is 14.7 Å². The summed E-state index contributed by atoms with van der Waals surface area (Å²) in [6, 6.07) is 9.19. The highest BCUT2D eigenvalue weighted by Crippen LogP contribution is 2.28. The average molecular weight is 426 g/mol. The first-order valence-electron chi connectivity index (χ1n) is 8.51. The van der Waals surface area contributed by atoms with Crippen LogP contribution in [0.15, 0.2) is 36.4 Å². The second-order valence-electron chi connectivity index (χ2n) is 6.10. The first-order valence-corrected chi connectivity index (χ1v) is 9.26. The predicted molar refractivity (Wildman–Crippen MR) is 108 cm³/mol. The van der Waals surface area contributed by atoms with Crippen LogP contribution in [0.4, 0.5) is 0 Å². The van der Waals surface area contributed by atoms with E-state index >= 15 is 0 Å². The molecule has 6 nitrogen and oxygen atoms in total. The third-order valence-electron chi connectivity index (χ3n) is 4.15. The number of carboxylic acids is 1. The molecule has 0 saturated heterocycles. The number of rotatable bonds is 9. The molecule has 0 aliphatic heterocycles. The third-order valence-corrected chi connectivity index (χ3v) is 4.88. The van der Waals surface area contributed by atoms with E-state index in [0.717, 1.165) is 5.56 Å². The van der Waals surface area contributed by atoms with Crippen molar-refractivity contribution in [2.24, 2.45) is 0 Å². The van der Waals surface area contributed by atoms with Crippen LogP contribution in [0.3, 0.4) is 0 Å². The zero-order chi connectivity index (χ0) is 20.7. The number of carbonyl (C=O) groups excluding carboxylic acids is 1. The van der Waals surface area contributed by atoms with Gasteiger partial charge in [0.1, 0.15) is 6.04 Å². The SMILES string of the molecule is COc1ccc(C[C@H](NC(=O)CCc2ccc(Cl)c(Cl)c2)C(=O)O)cc1OC. The van der Waals surface area contributed by atoms with Gasteiger partial charge in [0.15, 0.2) is 11.5 Å². The summed E-state index contributed by atoms with van der Waals surface area (Å²) in [5.41, 5.74) is 1.55. The van der Waals surface area contributed by atoms with Crippen molar-refractivity contribution in [1.29, 1.82) is 0 Å². The molecule has 2 N–H and O–H groups in total. The molecule has 0 bridgehead atoms. The van der Waals surface area contributed by atoms with E-state index in [4.69, 9.17) is 32.7 Å². The summed E-state index contributed by atoms with van der Waals surface area (Å²) in [6.07, 6.45) is 0.674. The molecule has 0 radical (unpaired) electrons. The number of benzene rings is 2. The molecule has 0 spiro atoms. The van der Waals surface area contributed by atoms with E-state index in [1.165, 1.54) is 14.2 Å². The molecule has 0 fully saturated rings. The average Bonchev–Trinajstić information content (AvgIpc) is 2.68. The van der Waals surface area contributed by atoms with Crippen LogP contribution >= 0.6 is 23.2 Å². The molecule has 1 atom stereocenters. The van der Waals surface area contributed by atoms with E-state index in [0.29, 0.717) is 33.5 Å². The summed E-state index contributed by atoms with van der Waals surface area (Å²) in [4.78, 5) is 23.8. The number of halogens is 2. The van der Waals surface area contributed by atoms with Crippen LogP contribution in [0.5, 0.6) is 11.5 Å². The van der Waals surface area contributed by atoms with Crippen LogP contribution in [0, 0.1) is 0 Å². The summed E-state index contributed by atoms with van der Waals surface area (Å²) in [7, 11) is 3.02. The number of aliphatic carboxylic acids is 1. The summed E-state index contributed by atoms with van der Waals surface area (Å²) in [6.45, 7) is 0. The maximum Gasteiger partial charge on any atom is 0.326 e. The topological polar surface area (TPSA) is 84.9 Å². The van der Waals surface area contributed by atoms with Gasteiger partial charge in [0, 0.05) is 12.8 Å². The van der Waals surface area contributed by atoms with E-state index < -0.39 is 12.0 Å². The second-order valence-corrected chi connectivity index (χ2v) is 6.91. The third kappa shape index (κ3) is 6.04. The number of hydrogen-bond acceptors (Lipinski definition) is 4. The van der Waals surface area contributed by atoms with Crippen molar-refractivity contribution in [3.8, 4) is 11.5 Å². The van der Waals surface area contributed by atoms with Crippen LogP contribution in [0.25, 0.3) is 0 Å². The van der Waals surface area contributed by atoms with Gasteiger partial charge in [-0.3, -0.25) is 4.79 Å². The summed E-state index contributed by atoms with van der Waals surface area (Å²) in [5.74, 6) is -0.435. The monoisotopic (exact) mass is 425 g/mol. The van der Waals surface area contributed by atoms with Crippen molar-refractivity contribution in [2.45, 2.75) is 25.3 Å². The normalized spacial score (nSPS) is 11.6. The van der Waals surface area contributed by atoms with Gasteiger partial charge in [-0.25, -0.2) is 4.79 Å². The fourth-order valence-electron chi connectivity index (χ4n) is 2.66. The number of hydrogen-bond donors (Lipinski definition) is 2. The Morgan fingerprint density at radius 1 is 1.00 bits per heavy atom. The maximum atomic E-state index is 12.2. The number of nitrogens with one attached hydrogen (secondary N) is 1. The molecular weight excluding hydrogens is 405 g/mol. The lowest BCUT2D eigenvalue weighted by atomic mass is 10.0. The van der Waals surface area contributed by atoms with E-state index in [2.05, 4.69) is 5.32 Å². The molecular formula is C20H21Cl2NO5. The maximum absolute atomic E-state index is 12.2. The molecule has 2 aromatic rings. The molecule has 0 unspecified atom stereocenters. The Balaban J connectivity index is 1.99. The van der Waals surface area contributed by atoms with Crippen molar-refractivity contribution >= 4 is 35.1 Å². The van der Waals surface area contributed by atoms with E-state index in [1.54, 1.807) is 36.4 Å². The van der Waals surface area contributed by atoms with Crippen LogP contribution in [-0.2, 0) is 22.4 Å². The lowest BCUT2D eigenvalue weighted by Gasteiger charge is -2.16. The molecule has 0 aliphatic rings. The number of methoxy groups -OCH3 is 2. The number of carbonyl (C=O) groups is 2. The molecule has 2 aromatic carbocycles. The molecule has 0 aliphatic carbocycles. The van der Waals surface area contributed by atoms with Gasteiger partial charge in [-0.2, -0.15) is 0 Å². The molecule has 1 amide bonds. The zero-order valence-corrected chi connectivity index (χ0v) is 17.0. The number of carboxylic acid groups (broad SMARTS) is 1. The predicted octanol–water partition coefficient (Wildman–Crippen LogP) is 3.76. The zero-order valence-electron chi connectivity index (χ0n) is 15.5. The highest BCUT2D eigenvalue weighted by Gasteiger charge is 2.21. The lowest BCUT2D eigenvalue weighted by molar-refractivity contribution is -0.141. The Morgan fingerprint density at radius 3 is 2.29 bits per heavy atom. The molecule has 0 heterocycles. The van der Waals surface area contributed by atoms with Gasteiger partial charge in [0.2, 0.25) is 5.91 Å². The van der Waals surface area contributed by atoms with Crippen LogP contribution in [-0.4, -0.2) is 37.2 Å². The fraction of sp³-hybridized carbons (Fsp3) is 0.300. The van der Waals surface area contributed by atoms with Gasteiger partial charge in [0.25, 0.3) is 0 Å². The smallest absolute Gasteiger partial charge is 0.326 e. The van der Waals surface area contributed by atoms with Gasteiger partial charge in [0.05, 0.1) is 24.3 Å². The van der Waals surface area contributed by atoms with Crippen LogP contribution < -0.4 is 14.8 Å². The molecule has 28 heavy (non-hydrogen) atoms. The summed E-state index contributed by atoms with van der Waals surface area (Å²) in [5, 5.41) is 12.9. The number of amides is 1. The highest BCUT2D eigenvalue weighted by molar-refractivity contribution is 6.42. The highest BCUT2D eigenvalue weighted by atomic mass is 35.5. The summed E-state index contributed by atoms with van der Waals surface area (Å²) < 4.78 is 10.4. The summed E-state index contributed by atoms with van der Waals surface area (Å²) >= 11 is 11.8. The molecule has 0 saturated carbocycles. The lowest BCUT2D eigenvalue weighted by Crippen LogP contribution is -2.42. The molecule has 150 valence electrons. The van der Waals surface area contributed by atoms with Crippen LogP contribution in [0.2, 0.25) is 10.0 Å². The molecule has 0 aromatic heterocycles. The standard InChI is InChI=1S/C20H21Cl2NO5/c1-27-17-7-4-13(11-18(17)28-2)10-16(20(25)26)23-19(24)8-5-12-3-6-14(21)15(22)9-12/h3-4,6-7,9,11,16H,5,8,10H2,1-2H3,(H,23,24)(H,25,26)/t16-/m0/s1. The van der Waals surface area contributed by atoms with E-state index in [-0.39, 0.29) is 18.7 Å². The molecule has 8 heteroatoms. The van der Waals surface area contributed by atoms with Crippen molar-refractivity contribution in [1.82, 2.24) is 5.32 Å². The van der Waals surface area contributed by atoms with Crippen molar-refractivity contribution in [2.75, 3.05) is 14.2 Å². The minimum absolute atomic E-state index is 0.119. The Bertz CT molecular complexity index is 856. The van der Waals surface area contributed by atoms with Gasteiger partial charge >= 0.3 is 5.97 Å². The Kier molecular flexibility index (Phi) is 7.96. The van der Waals surface area contributed by atoms with Gasteiger partial charge < -0.3 is 19.9 Å². The van der Waals surface area contributed by atoms with Crippen molar-refractivity contribution in [3.63, 3.8) is 0 Å². The van der Waals surface area contributed by atoms with Crippen molar-refractivity contribution in [3.05, 3.63) is 57.6 Å². The first-order chi connectivity index (χ1) is 13.3. The van der Waals surface area contributed by atoms with E-state index in [1.807, 2.05) is 0 Å². The Labute approximate surface area is 173 Å². The van der Waals surface area contributed by atoms with Crippen LogP contribution in [0.1, 0.15) is 17.5 Å². The fourth-order valence-corrected chi connectivity index (χ4v) is 2.98. The van der Waals surface area contributed by atoms with Gasteiger partial charge in [-0.15, -0.1) is 0 Å².